The molecule has 1 unspecified atom stereocenters. The van der Waals surface area contributed by atoms with Gasteiger partial charge in [0.05, 0.1) is 6.07 Å². The molecular weight excluding hydrogens is 434 g/mol. The van der Waals surface area contributed by atoms with Gasteiger partial charge in [-0.25, -0.2) is 9.59 Å². The van der Waals surface area contributed by atoms with Crippen molar-refractivity contribution < 1.29 is 24.2 Å². The summed E-state index contributed by atoms with van der Waals surface area (Å²) in [5.74, 6) is -1.92. The number of amides is 2. The molecule has 1 atom stereocenters. The number of nitrogens with zero attached hydrogens (tertiary/aromatic N) is 1. The monoisotopic (exact) mass is 463 g/mol. The standard InChI is InChI=1S/C26H29N3O5/c1-26(2,24(31)32)29-23(30)22(14-4-3-9-15-27)28-25(33)34-16-21-19-12-7-5-10-17(19)18-11-6-8-13-20(18)21/h5-8,10-13,21-22H,3-4,9,14,16H2,1-2H3,(H,28,33)(H,29,30)(H,31,32). The summed E-state index contributed by atoms with van der Waals surface area (Å²) >= 11 is 0. The van der Waals surface area contributed by atoms with Gasteiger partial charge in [-0.2, -0.15) is 5.26 Å². The van der Waals surface area contributed by atoms with Gasteiger partial charge in [0.15, 0.2) is 0 Å². The highest BCUT2D eigenvalue weighted by atomic mass is 16.5. The number of benzene rings is 2. The topological polar surface area (TPSA) is 129 Å². The zero-order chi connectivity index (χ0) is 24.7. The molecule has 2 aromatic rings. The highest BCUT2D eigenvalue weighted by Gasteiger charge is 2.33. The van der Waals surface area contributed by atoms with Gasteiger partial charge in [-0.1, -0.05) is 48.5 Å². The number of nitrogens with one attached hydrogen (secondary N) is 2. The van der Waals surface area contributed by atoms with Crippen molar-refractivity contribution in [3.63, 3.8) is 0 Å². The minimum atomic E-state index is -1.50. The Balaban J connectivity index is 1.66. The van der Waals surface area contributed by atoms with Gasteiger partial charge in [-0.05, 0) is 55.4 Å². The maximum atomic E-state index is 12.7. The Morgan fingerprint density at radius 3 is 2.21 bits per heavy atom. The zero-order valence-electron chi connectivity index (χ0n) is 19.3. The molecule has 0 heterocycles. The van der Waals surface area contributed by atoms with Crippen LogP contribution in [0.5, 0.6) is 0 Å². The molecule has 2 aromatic carbocycles. The third kappa shape index (κ3) is 5.73. The number of unbranched alkanes of at least 4 members (excludes halogenated alkanes) is 2. The maximum absolute atomic E-state index is 12.7. The Morgan fingerprint density at radius 2 is 1.65 bits per heavy atom. The fourth-order valence-corrected chi connectivity index (χ4v) is 4.05. The third-order valence-corrected chi connectivity index (χ3v) is 5.95. The van der Waals surface area contributed by atoms with Crippen LogP contribution in [-0.2, 0) is 14.3 Å². The Morgan fingerprint density at radius 1 is 1.06 bits per heavy atom. The number of fused-ring (bicyclic) bond motifs is 3. The molecule has 1 aliphatic carbocycles. The van der Waals surface area contributed by atoms with E-state index in [9.17, 15) is 19.5 Å². The van der Waals surface area contributed by atoms with E-state index >= 15 is 0 Å². The quantitative estimate of drug-likeness (QED) is 0.458. The molecular formula is C26H29N3O5. The first kappa shape index (κ1) is 24.8. The number of carbonyl (C=O) groups is 3. The van der Waals surface area contributed by atoms with Crippen molar-refractivity contribution >= 4 is 18.0 Å². The molecule has 3 N–H and O–H groups in total. The molecule has 34 heavy (non-hydrogen) atoms. The van der Waals surface area contributed by atoms with Crippen LogP contribution in [-0.4, -0.2) is 41.3 Å². The van der Waals surface area contributed by atoms with Gasteiger partial charge in [0.2, 0.25) is 5.91 Å². The smallest absolute Gasteiger partial charge is 0.407 e. The fraction of sp³-hybridized carbons (Fsp3) is 0.385. The van der Waals surface area contributed by atoms with Crippen LogP contribution in [0.2, 0.25) is 0 Å². The molecule has 2 amide bonds. The lowest BCUT2D eigenvalue weighted by Crippen LogP contribution is -2.56. The number of hydrogen-bond donors (Lipinski definition) is 3. The number of carbonyl (C=O) groups excluding carboxylic acids is 2. The molecule has 0 saturated heterocycles. The summed E-state index contributed by atoms with van der Waals surface area (Å²) in [4.78, 5) is 36.8. The molecule has 8 nitrogen and oxygen atoms in total. The average Bonchev–Trinajstić information content (AvgIpc) is 3.13. The molecule has 0 saturated carbocycles. The van der Waals surface area contributed by atoms with Crippen LogP contribution in [0.3, 0.4) is 0 Å². The lowest BCUT2D eigenvalue weighted by molar-refractivity contribution is -0.146. The Labute approximate surface area is 198 Å². The van der Waals surface area contributed by atoms with Crippen LogP contribution in [0.1, 0.15) is 56.6 Å². The number of alkyl carbamates (subject to hydrolysis) is 1. The van der Waals surface area contributed by atoms with Crippen LogP contribution in [0.15, 0.2) is 48.5 Å². The maximum Gasteiger partial charge on any atom is 0.407 e. The van der Waals surface area contributed by atoms with E-state index in [0.717, 1.165) is 22.3 Å². The molecule has 0 aliphatic heterocycles. The van der Waals surface area contributed by atoms with Gasteiger partial charge in [-0.3, -0.25) is 4.79 Å². The van der Waals surface area contributed by atoms with E-state index in [1.54, 1.807) is 0 Å². The van der Waals surface area contributed by atoms with E-state index in [-0.39, 0.29) is 18.9 Å². The largest absolute Gasteiger partial charge is 0.480 e. The minimum Gasteiger partial charge on any atom is -0.480 e. The van der Waals surface area contributed by atoms with Crippen molar-refractivity contribution in [1.29, 1.82) is 5.26 Å². The molecule has 0 aromatic heterocycles. The van der Waals surface area contributed by atoms with Crippen molar-refractivity contribution in [1.82, 2.24) is 10.6 Å². The van der Waals surface area contributed by atoms with E-state index in [4.69, 9.17) is 10.00 Å². The number of carboxylic acid groups (broad SMARTS) is 1. The molecule has 0 spiro atoms. The van der Waals surface area contributed by atoms with E-state index in [2.05, 4.69) is 10.6 Å². The molecule has 0 radical (unpaired) electrons. The van der Waals surface area contributed by atoms with Crippen LogP contribution in [0, 0.1) is 11.3 Å². The van der Waals surface area contributed by atoms with Gasteiger partial charge in [-0.15, -0.1) is 0 Å². The minimum absolute atomic E-state index is 0.100. The number of carboxylic acids is 1. The van der Waals surface area contributed by atoms with Gasteiger partial charge >= 0.3 is 12.1 Å². The normalized spacial score (nSPS) is 13.2. The van der Waals surface area contributed by atoms with E-state index < -0.39 is 29.6 Å². The summed E-state index contributed by atoms with van der Waals surface area (Å²) in [6.45, 7) is 2.84. The van der Waals surface area contributed by atoms with Crippen molar-refractivity contribution in [3.8, 4) is 17.2 Å². The molecule has 178 valence electrons. The first-order chi connectivity index (χ1) is 16.2. The predicted octanol–water partition coefficient (Wildman–Crippen LogP) is 3.96. The average molecular weight is 464 g/mol. The van der Waals surface area contributed by atoms with E-state index in [1.807, 2.05) is 54.6 Å². The Kier molecular flexibility index (Phi) is 7.90. The highest BCUT2D eigenvalue weighted by Crippen LogP contribution is 2.44. The SMILES string of the molecule is CC(C)(NC(=O)C(CCCCC#N)NC(=O)OCC1c2ccccc2-c2ccccc21)C(=O)O. The lowest BCUT2D eigenvalue weighted by atomic mass is 9.98. The van der Waals surface area contributed by atoms with Crippen LogP contribution < -0.4 is 10.6 Å². The number of hydrogen-bond acceptors (Lipinski definition) is 5. The van der Waals surface area contributed by atoms with Crippen molar-refractivity contribution in [2.24, 2.45) is 0 Å². The van der Waals surface area contributed by atoms with Crippen molar-refractivity contribution in [2.75, 3.05) is 6.61 Å². The molecule has 1 aliphatic rings. The van der Waals surface area contributed by atoms with Gasteiger partial charge in [0.25, 0.3) is 0 Å². The second kappa shape index (κ2) is 10.8. The van der Waals surface area contributed by atoms with Crippen LogP contribution >= 0.6 is 0 Å². The summed E-state index contributed by atoms with van der Waals surface area (Å²) in [5, 5.41) is 23.1. The van der Waals surface area contributed by atoms with Gasteiger partial charge in [0.1, 0.15) is 18.2 Å². The first-order valence-corrected chi connectivity index (χ1v) is 11.3. The zero-order valence-corrected chi connectivity index (χ0v) is 19.3. The first-order valence-electron chi connectivity index (χ1n) is 11.3. The highest BCUT2D eigenvalue weighted by molar-refractivity contribution is 5.90. The van der Waals surface area contributed by atoms with Crippen molar-refractivity contribution in [3.05, 3.63) is 59.7 Å². The second-order valence-corrected chi connectivity index (χ2v) is 8.85. The summed E-state index contributed by atoms with van der Waals surface area (Å²) in [5.41, 5.74) is 2.87. The molecule has 8 heteroatoms. The number of aliphatic carboxylic acids is 1. The molecule has 0 bridgehead atoms. The van der Waals surface area contributed by atoms with Crippen LogP contribution in [0.25, 0.3) is 11.1 Å². The lowest BCUT2D eigenvalue weighted by Gasteiger charge is -2.25. The summed E-state index contributed by atoms with van der Waals surface area (Å²) in [7, 11) is 0. The summed E-state index contributed by atoms with van der Waals surface area (Å²) < 4.78 is 5.53. The molecule has 0 fully saturated rings. The van der Waals surface area contributed by atoms with Gasteiger partial charge < -0.3 is 20.5 Å². The van der Waals surface area contributed by atoms with Crippen molar-refractivity contribution in [2.45, 2.75) is 57.0 Å². The predicted molar refractivity (Wildman–Crippen MR) is 126 cm³/mol. The van der Waals surface area contributed by atoms with E-state index in [1.165, 1.54) is 13.8 Å². The Hall–Kier alpha value is -3.86. The fourth-order valence-electron chi connectivity index (χ4n) is 4.05. The number of nitriles is 1. The van der Waals surface area contributed by atoms with Gasteiger partial charge in [0, 0.05) is 12.3 Å². The number of ether oxygens (including phenoxy) is 1. The second-order valence-electron chi connectivity index (χ2n) is 8.85. The molecule has 3 rings (SSSR count). The Bertz CT molecular complexity index is 1060. The summed E-state index contributed by atoms with van der Waals surface area (Å²) in [6.07, 6.45) is 0.917. The van der Waals surface area contributed by atoms with Crippen LogP contribution in [0.4, 0.5) is 4.79 Å². The summed E-state index contributed by atoms with van der Waals surface area (Å²) in [6, 6.07) is 17.0. The number of rotatable bonds is 10. The van der Waals surface area contributed by atoms with E-state index in [0.29, 0.717) is 19.3 Å². The third-order valence-electron chi connectivity index (χ3n) is 5.95.